The third-order valence-corrected chi connectivity index (χ3v) is 9.58. The molecule has 3 N–H and O–H groups in total. The molecular formula is C29H8BF42NO3. The van der Waals surface area contributed by atoms with Crippen molar-refractivity contribution in [1.82, 2.24) is 0 Å². The van der Waals surface area contributed by atoms with E-state index in [4.69, 9.17) is 0 Å². The van der Waals surface area contributed by atoms with Crippen LogP contribution in [0.15, 0.2) is 24.8 Å². The normalized spacial score (nSPS) is 16.3. The second-order valence-electron chi connectivity index (χ2n) is 14.4. The molecule has 0 fully saturated rings. The lowest BCUT2D eigenvalue weighted by molar-refractivity contribution is -0.475. The van der Waals surface area contributed by atoms with Crippen molar-refractivity contribution in [2.45, 2.75) is 119 Å². The molecule has 76 heavy (non-hydrogen) atoms. The van der Waals surface area contributed by atoms with Crippen LogP contribution in [-0.2, 0) is 16.6 Å². The molecule has 0 heterocycles. The van der Waals surface area contributed by atoms with Gasteiger partial charge in [-0.05, 0) is 17.6 Å². The summed E-state index contributed by atoms with van der Waals surface area (Å²) >= 11 is 0. The number of carbonyl (C=O) groups is 1. The molecular weight excluding hydrogens is 1220 g/mol. The van der Waals surface area contributed by atoms with Crippen LogP contribution in [-0.4, -0.2) is 130 Å². The summed E-state index contributed by atoms with van der Waals surface area (Å²) in [5, 5.41) is 18.4. The number of halogens is 42. The molecule has 0 aliphatic rings. The van der Waals surface area contributed by atoms with Crippen molar-refractivity contribution in [3.8, 4) is 0 Å². The second kappa shape index (κ2) is 18.0. The Morgan fingerprint density at radius 2 is 0.566 bits per heavy atom. The maximum atomic E-state index is 15.8. The van der Waals surface area contributed by atoms with Gasteiger partial charge in [0.1, 0.15) is 0 Å². The van der Waals surface area contributed by atoms with E-state index in [9.17, 15) is 164 Å². The van der Waals surface area contributed by atoms with Crippen molar-refractivity contribution >= 4 is 24.2 Å². The topological polar surface area (TPSA) is 69.6 Å². The van der Waals surface area contributed by atoms with Crippen molar-refractivity contribution < 1.29 is 199 Å². The average Bonchev–Trinajstić information content (AvgIpc) is 3.20. The molecule has 1 aromatic carbocycles. The molecule has 444 valence electrons. The first-order chi connectivity index (χ1) is 32.4. The number of carbonyl (C=O) groups excluding carboxylic acids is 1. The lowest BCUT2D eigenvalue weighted by atomic mass is 9.74. The molecule has 0 bridgehead atoms. The fourth-order valence-corrected chi connectivity index (χ4v) is 5.12. The summed E-state index contributed by atoms with van der Waals surface area (Å²) in [6.07, 6.45) is -17.8. The molecule has 0 saturated carbocycles. The fourth-order valence-electron chi connectivity index (χ4n) is 5.12. The van der Waals surface area contributed by atoms with E-state index in [1.54, 1.807) is 0 Å². The molecule has 1 amide bonds. The van der Waals surface area contributed by atoms with Crippen LogP contribution in [0, 0.1) is 0 Å². The maximum Gasteiger partial charge on any atom is 0.488 e. The Morgan fingerprint density at radius 1 is 0.355 bits per heavy atom. The molecule has 0 saturated heterocycles. The van der Waals surface area contributed by atoms with E-state index >= 15 is 35.1 Å². The molecule has 4 nitrogen and oxygen atoms in total. The van der Waals surface area contributed by atoms with Gasteiger partial charge in [-0.25, -0.2) is 0 Å². The van der Waals surface area contributed by atoms with Crippen molar-refractivity contribution in [2.24, 2.45) is 0 Å². The molecule has 0 aliphatic heterocycles. The number of rotatable bonds is 21. The summed E-state index contributed by atoms with van der Waals surface area (Å²) in [6.45, 7) is 2.19. The summed E-state index contributed by atoms with van der Waals surface area (Å²) in [7, 11) is -4.33. The van der Waals surface area contributed by atoms with Gasteiger partial charge >= 0.3 is 126 Å². The Bertz CT molecular complexity index is 2340. The zero-order valence-electron chi connectivity index (χ0n) is 33.2. The van der Waals surface area contributed by atoms with Crippen LogP contribution < -0.4 is 10.8 Å². The Hall–Kier alpha value is -4.53. The van der Waals surface area contributed by atoms with Crippen LogP contribution in [0.2, 0.25) is 0 Å². The fraction of sp³-hybridized carbons (Fsp3) is 0.690. The van der Waals surface area contributed by atoms with E-state index in [1.165, 1.54) is 0 Å². The van der Waals surface area contributed by atoms with Gasteiger partial charge in [0.25, 0.3) is 0 Å². The van der Waals surface area contributed by atoms with Gasteiger partial charge in [-0.15, -0.1) is 0 Å². The number of amides is 1. The number of benzene rings is 1. The summed E-state index contributed by atoms with van der Waals surface area (Å²) in [5.41, 5.74) is -17.5. The molecule has 47 heteroatoms. The summed E-state index contributed by atoms with van der Waals surface area (Å²) < 4.78 is 591. The standard InChI is InChI=1S/C29H8BF42NO3/c1-2-8(74)73-7-4-5(30(75)76)3-6(10(31,32)12(35,36)14(39,40)16(43,44)18(47,48)20(51,52)22(55,56)24(59,60)26(63,64)28(67,68)69)9(7)11(33,34)13(37,38)15(41,42)17(45,46)19(49,50)21(53,54)23(57,58)25(61,62)27(65,66)29(70,71)72/h2-4,75-76H,1H2,(H,73,74). The highest BCUT2D eigenvalue weighted by atomic mass is 19.5. The van der Waals surface area contributed by atoms with E-state index in [1.807, 2.05) is 0 Å². The maximum absolute atomic E-state index is 15.8. The SMILES string of the molecule is C=CC(=O)Nc1cc(B(O)O)cc(C(F)(F)C(F)(F)C(F)(F)C(F)(F)C(F)(F)C(F)(F)C(F)(F)C(F)(F)C(F)(F)C(F)(F)F)c1C(F)(F)C(F)(F)C(F)(F)C(F)(F)C(F)(F)C(F)(F)C(F)(F)C(F)(F)C(F)(F)C(F)(F)F. The van der Waals surface area contributed by atoms with E-state index in [-0.39, 0.29) is 5.32 Å². The number of hydrogen-bond donors (Lipinski definition) is 3. The smallest absolute Gasteiger partial charge is 0.423 e. The van der Waals surface area contributed by atoms with Crippen LogP contribution in [0.3, 0.4) is 0 Å². The molecule has 0 radical (unpaired) electrons. The van der Waals surface area contributed by atoms with Gasteiger partial charge in [-0.2, -0.15) is 184 Å². The van der Waals surface area contributed by atoms with Crippen molar-refractivity contribution in [3.05, 3.63) is 35.9 Å². The Balaban J connectivity index is 4.77. The quantitative estimate of drug-likeness (QED) is 0.0653. The Labute approximate surface area is 384 Å². The number of nitrogens with one attached hydrogen (secondary N) is 1. The lowest BCUT2D eigenvalue weighted by Crippen LogP contribution is -2.77. The predicted molar refractivity (Wildman–Crippen MR) is 154 cm³/mol. The minimum absolute atomic E-state index is 0.00436. The van der Waals surface area contributed by atoms with E-state index < -0.39 is 172 Å². The summed E-state index contributed by atoms with van der Waals surface area (Å²) in [6, 6.07) is -3.83. The lowest BCUT2D eigenvalue weighted by Gasteiger charge is -2.45. The highest BCUT2D eigenvalue weighted by Gasteiger charge is 3.00. The number of alkyl halides is 42. The summed E-state index contributed by atoms with van der Waals surface area (Å²) in [5.74, 6) is -179. The van der Waals surface area contributed by atoms with Crippen LogP contribution in [0.4, 0.5) is 190 Å². The molecule has 0 atom stereocenters. The number of anilines is 1. The van der Waals surface area contributed by atoms with Gasteiger partial charge < -0.3 is 15.4 Å². The first kappa shape index (κ1) is 69.5. The summed E-state index contributed by atoms with van der Waals surface area (Å²) in [4.78, 5) is 11.8. The largest absolute Gasteiger partial charge is 0.488 e. The zero-order chi connectivity index (χ0) is 62.3. The highest BCUT2D eigenvalue weighted by molar-refractivity contribution is 6.58. The Kier molecular flexibility index (Phi) is 16.5. The first-order valence-electron chi connectivity index (χ1n) is 16.8. The van der Waals surface area contributed by atoms with Crippen molar-refractivity contribution in [2.75, 3.05) is 5.32 Å². The molecule has 0 aliphatic carbocycles. The van der Waals surface area contributed by atoms with Crippen molar-refractivity contribution in [3.63, 3.8) is 0 Å². The third-order valence-electron chi connectivity index (χ3n) is 9.58. The predicted octanol–water partition coefficient (Wildman–Crippen LogP) is 13.0. The van der Waals surface area contributed by atoms with E-state index in [0.717, 1.165) is 0 Å². The molecule has 0 aromatic heterocycles. The minimum Gasteiger partial charge on any atom is -0.423 e. The van der Waals surface area contributed by atoms with Crippen LogP contribution >= 0.6 is 0 Å². The molecule has 1 rings (SSSR count). The molecule has 0 spiro atoms. The third kappa shape index (κ3) is 8.53. The van der Waals surface area contributed by atoms with Crippen LogP contribution in [0.25, 0.3) is 0 Å². The first-order valence-corrected chi connectivity index (χ1v) is 16.8. The minimum atomic E-state index is -10.2. The highest BCUT2D eigenvalue weighted by Crippen LogP contribution is 2.70. The van der Waals surface area contributed by atoms with Gasteiger partial charge in [0.2, 0.25) is 5.91 Å². The van der Waals surface area contributed by atoms with Gasteiger partial charge in [-0.3, -0.25) is 4.79 Å². The Morgan fingerprint density at radius 3 is 0.776 bits per heavy atom. The van der Waals surface area contributed by atoms with Crippen LogP contribution in [0.5, 0.6) is 0 Å². The van der Waals surface area contributed by atoms with Crippen LogP contribution in [0.1, 0.15) is 11.1 Å². The molecule has 0 unspecified atom stereocenters. The monoisotopic (exact) mass is 1230 g/mol. The van der Waals surface area contributed by atoms with Gasteiger partial charge in [0.15, 0.2) is 0 Å². The molecule has 1 aromatic rings. The van der Waals surface area contributed by atoms with Gasteiger partial charge in [0.05, 0.1) is 11.3 Å². The van der Waals surface area contributed by atoms with E-state index in [2.05, 4.69) is 6.58 Å². The van der Waals surface area contributed by atoms with Crippen molar-refractivity contribution in [1.29, 1.82) is 0 Å². The number of hydrogen-bond acceptors (Lipinski definition) is 3. The van der Waals surface area contributed by atoms with Gasteiger partial charge in [0, 0.05) is 5.56 Å². The van der Waals surface area contributed by atoms with E-state index in [0.29, 0.717) is 0 Å². The zero-order valence-corrected chi connectivity index (χ0v) is 33.2. The second-order valence-corrected chi connectivity index (χ2v) is 14.4. The van der Waals surface area contributed by atoms with Gasteiger partial charge in [-0.1, -0.05) is 12.6 Å². The average molecular weight is 1230 g/mol.